The van der Waals surface area contributed by atoms with Gasteiger partial charge in [0, 0.05) is 36.4 Å². The van der Waals surface area contributed by atoms with Gasteiger partial charge in [0.1, 0.15) is 22.9 Å². The molecule has 0 spiro atoms. The van der Waals surface area contributed by atoms with Gasteiger partial charge in [-0.25, -0.2) is 9.37 Å². The third kappa shape index (κ3) is 3.37. The zero-order valence-corrected chi connectivity index (χ0v) is 16.7. The molecule has 1 aliphatic rings. The van der Waals surface area contributed by atoms with E-state index in [0.717, 1.165) is 49.0 Å². The largest absolute Gasteiger partial charge is 0.378 e. The summed E-state index contributed by atoms with van der Waals surface area (Å²) in [5.41, 5.74) is 4.51. The molecule has 0 aliphatic carbocycles. The number of pyridine rings is 2. The number of nitrogens with one attached hydrogen (secondary N) is 1. The molecule has 4 aromatic rings. The lowest BCUT2D eigenvalue weighted by Gasteiger charge is -2.29. The van der Waals surface area contributed by atoms with Crippen LogP contribution in [-0.2, 0) is 4.74 Å². The zero-order chi connectivity index (χ0) is 20.5. The van der Waals surface area contributed by atoms with Crippen LogP contribution in [0.3, 0.4) is 0 Å². The van der Waals surface area contributed by atoms with E-state index in [1.54, 1.807) is 12.3 Å². The van der Waals surface area contributed by atoms with Gasteiger partial charge in [0.25, 0.3) is 0 Å². The molecule has 1 fully saturated rings. The van der Waals surface area contributed by atoms with Gasteiger partial charge in [0.05, 0.1) is 13.2 Å². The molecule has 1 saturated heterocycles. The Bertz CT molecular complexity index is 1180. The standard InChI is InChI=1S/C23H22FN5O/c1-16-4-2-6-20-27-22(21-19(24)5-3-11-25-21)23(29(16)20)26-17-7-9-18(10-8-17)28-12-14-30-15-13-28/h2-11,26H,12-15H2,1H3. The first-order valence-electron chi connectivity index (χ1n) is 9.99. The van der Waals surface area contributed by atoms with Gasteiger partial charge in [0.15, 0.2) is 5.82 Å². The molecule has 5 rings (SSSR count). The Morgan fingerprint density at radius 3 is 2.53 bits per heavy atom. The molecule has 6 nitrogen and oxygen atoms in total. The highest BCUT2D eigenvalue weighted by Gasteiger charge is 2.19. The number of aromatic nitrogens is 3. The van der Waals surface area contributed by atoms with Gasteiger partial charge in [-0.15, -0.1) is 0 Å². The van der Waals surface area contributed by atoms with Crippen molar-refractivity contribution in [1.82, 2.24) is 14.4 Å². The topological polar surface area (TPSA) is 54.7 Å². The van der Waals surface area contributed by atoms with E-state index < -0.39 is 5.82 Å². The molecule has 0 saturated carbocycles. The van der Waals surface area contributed by atoms with E-state index in [0.29, 0.717) is 11.5 Å². The normalized spacial score (nSPS) is 14.3. The van der Waals surface area contributed by atoms with Gasteiger partial charge in [-0.3, -0.25) is 9.38 Å². The monoisotopic (exact) mass is 403 g/mol. The number of morpholine rings is 1. The maximum atomic E-state index is 14.5. The first-order chi connectivity index (χ1) is 14.7. The quantitative estimate of drug-likeness (QED) is 0.547. The zero-order valence-electron chi connectivity index (χ0n) is 16.7. The number of hydrogen-bond acceptors (Lipinski definition) is 5. The lowest BCUT2D eigenvalue weighted by Crippen LogP contribution is -2.36. The van der Waals surface area contributed by atoms with Crippen molar-refractivity contribution in [3.8, 4) is 11.4 Å². The molecule has 0 radical (unpaired) electrons. The van der Waals surface area contributed by atoms with E-state index in [9.17, 15) is 4.39 Å². The van der Waals surface area contributed by atoms with E-state index in [4.69, 9.17) is 4.74 Å². The van der Waals surface area contributed by atoms with Gasteiger partial charge in [-0.2, -0.15) is 0 Å². The third-order valence-corrected chi connectivity index (χ3v) is 5.33. The van der Waals surface area contributed by atoms with Crippen molar-refractivity contribution < 1.29 is 9.13 Å². The summed E-state index contributed by atoms with van der Waals surface area (Å²) >= 11 is 0. The summed E-state index contributed by atoms with van der Waals surface area (Å²) in [5.74, 6) is 0.295. The van der Waals surface area contributed by atoms with Gasteiger partial charge >= 0.3 is 0 Å². The number of anilines is 3. The Balaban J connectivity index is 1.55. The van der Waals surface area contributed by atoms with Crippen LogP contribution in [0.5, 0.6) is 0 Å². The Kier molecular flexibility index (Phi) is 4.80. The molecule has 152 valence electrons. The number of aryl methyl sites for hydroxylation is 1. The molecule has 4 heterocycles. The van der Waals surface area contributed by atoms with Crippen LogP contribution in [0.25, 0.3) is 17.0 Å². The average molecular weight is 403 g/mol. The molecule has 3 aromatic heterocycles. The van der Waals surface area contributed by atoms with Crippen molar-refractivity contribution >= 4 is 22.8 Å². The first kappa shape index (κ1) is 18.6. The number of benzene rings is 1. The molecular formula is C23H22FN5O. The number of imidazole rings is 1. The second-order valence-electron chi connectivity index (χ2n) is 7.27. The number of hydrogen-bond donors (Lipinski definition) is 1. The molecule has 1 aromatic carbocycles. The van der Waals surface area contributed by atoms with Crippen LogP contribution in [0.2, 0.25) is 0 Å². The Labute approximate surface area is 174 Å². The number of ether oxygens (including phenoxy) is 1. The lowest BCUT2D eigenvalue weighted by molar-refractivity contribution is 0.122. The number of rotatable bonds is 4. The summed E-state index contributed by atoms with van der Waals surface area (Å²) in [4.78, 5) is 11.2. The van der Waals surface area contributed by atoms with E-state index in [-0.39, 0.29) is 5.69 Å². The molecule has 0 bridgehead atoms. The minimum Gasteiger partial charge on any atom is -0.378 e. The number of fused-ring (bicyclic) bond motifs is 1. The maximum Gasteiger partial charge on any atom is 0.151 e. The highest BCUT2D eigenvalue weighted by atomic mass is 19.1. The highest BCUT2D eigenvalue weighted by Crippen LogP contribution is 2.32. The fraction of sp³-hybridized carbons (Fsp3) is 0.217. The van der Waals surface area contributed by atoms with E-state index in [1.165, 1.54) is 6.07 Å². The van der Waals surface area contributed by atoms with Crippen LogP contribution in [0, 0.1) is 12.7 Å². The van der Waals surface area contributed by atoms with Crippen molar-refractivity contribution in [2.45, 2.75) is 6.92 Å². The maximum absolute atomic E-state index is 14.5. The van der Waals surface area contributed by atoms with E-state index >= 15 is 0 Å². The molecular weight excluding hydrogens is 381 g/mol. The van der Waals surface area contributed by atoms with E-state index in [1.807, 2.05) is 41.7 Å². The van der Waals surface area contributed by atoms with Crippen molar-refractivity contribution in [3.05, 3.63) is 72.3 Å². The molecule has 0 unspecified atom stereocenters. The summed E-state index contributed by atoms with van der Waals surface area (Å²) in [7, 11) is 0. The molecule has 0 atom stereocenters. The van der Waals surface area contributed by atoms with Gasteiger partial charge in [0.2, 0.25) is 0 Å². The average Bonchev–Trinajstić information content (AvgIpc) is 3.14. The molecule has 1 aliphatic heterocycles. The van der Waals surface area contributed by atoms with Crippen molar-refractivity contribution in [2.24, 2.45) is 0 Å². The highest BCUT2D eigenvalue weighted by molar-refractivity contribution is 5.79. The number of nitrogens with zero attached hydrogens (tertiary/aromatic N) is 4. The van der Waals surface area contributed by atoms with Crippen molar-refractivity contribution in [3.63, 3.8) is 0 Å². The summed E-state index contributed by atoms with van der Waals surface area (Å²) in [6.45, 7) is 5.28. The third-order valence-electron chi connectivity index (χ3n) is 5.33. The molecule has 7 heteroatoms. The van der Waals surface area contributed by atoms with Gasteiger partial charge in [-0.05, 0) is 55.5 Å². The van der Waals surface area contributed by atoms with Crippen molar-refractivity contribution in [1.29, 1.82) is 0 Å². The summed E-state index contributed by atoms with van der Waals surface area (Å²) in [5, 5.41) is 3.44. The van der Waals surface area contributed by atoms with Crippen molar-refractivity contribution in [2.75, 3.05) is 36.5 Å². The molecule has 1 N–H and O–H groups in total. The molecule has 0 amide bonds. The van der Waals surface area contributed by atoms with Crippen LogP contribution in [0.4, 0.5) is 21.6 Å². The predicted molar refractivity (Wildman–Crippen MR) is 116 cm³/mol. The Morgan fingerprint density at radius 2 is 1.77 bits per heavy atom. The van der Waals surface area contributed by atoms with Crippen LogP contribution in [0.1, 0.15) is 5.69 Å². The Hall–Kier alpha value is -3.45. The second-order valence-corrected chi connectivity index (χ2v) is 7.27. The smallest absolute Gasteiger partial charge is 0.151 e. The second kappa shape index (κ2) is 7.76. The van der Waals surface area contributed by atoms with Crippen LogP contribution in [0.15, 0.2) is 60.8 Å². The van der Waals surface area contributed by atoms with Crippen LogP contribution >= 0.6 is 0 Å². The van der Waals surface area contributed by atoms with Gasteiger partial charge in [-0.1, -0.05) is 6.07 Å². The lowest BCUT2D eigenvalue weighted by atomic mass is 10.2. The SMILES string of the molecule is Cc1cccc2nc(-c3ncccc3F)c(Nc3ccc(N4CCOCC4)cc3)n12. The number of halogens is 1. The van der Waals surface area contributed by atoms with Crippen LogP contribution < -0.4 is 10.2 Å². The fourth-order valence-electron chi connectivity index (χ4n) is 3.81. The fourth-order valence-corrected chi connectivity index (χ4v) is 3.81. The molecule has 30 heavy (non-hydrogen) atoms. The summed E-state index contributed by atoms with van der Waals surface area (Å²) in [6.07, 6.45) is 1.58. The van der Waals surface area contributed by atoms with Gasteiger partial charge < -0.3 is 15.0 Å². The van der Waals surface area contributed by atoms with E-state index in [2.05, 4.69) is 32.3 Å². The predicted octanol–water partition coefficient (Wildman–Crippen LogP) is 4.42. The van der Waals surface area contributed by atoms with Crippen LogP contribution in [-0.4, -0.2) is 40.7 Å². The summed E-state index contributed by atoms with van der Waals surface area (Å²) in [6, 6.07) is 17.1. The summed E-state index contributed by atoms with van der Waals surface area (Å²) < 4.78 is 21.9. The Morgan fingerprint density at radius 1 is 0.967 bits per heavy atom. The minimum atomic E-state index is -0.399. The first-order valence-corrected chi connectivity index (χ1v) is 9.99. The minimum absolute atomic E-state index is 0.230.